The van der Waals surface area contributed by atoms with Gasteiger partial charge in [-0.2, -0.15) is 0 Å². The number of hydrogen-bond acceptors (Lipinski definition) is 4. The monoisotopic (exact) mass is 478 g/mol. The minimum Gasteiger partial charge on any atom is -0.416 e. The Hall–Kier alpha value is -1.16. The molecule has 1 heterocycles. The van der Waals surface area contributed by atoms with Gasteiger partial charge in [-0.1, -0.05) is 47.6 Å². The second kappa shape index (κ2) is 11.3. The maximum Gasteiger partial charge on any atom is 0.573 e. The van der Waals surface area contributed by atoms with Crippen LogP contribution in [0.4, 0.5) is 17.6 Å². The van der Waals surface area contributed by atoms with Crippen LogP contribution in [0.2, 0.25) is 16.6 Å². The lowest BCUT2D eigenvalue weighted by atomic mass is 10.1. The van der Waals surface area contributed by atoms with Gasteiger partial charge in [0.15, 0.2) is 19.9 Å². The number of rotatable bonds is 10. The second-order valence-corrected chi connectivity index (χ2v) is 15.1. The van der Waals surface area contributed by atoms with E-state index in [1.165, 1.54) is 6.07 Å². The molecule has 0 spiro atoms. The van der Waals surface area contributed by atoms with Gasteiger partial charge >= 0.3 is 6.36 Å². The van der Waals surface area contributed by atoms with E-state index in [1.54, 1.807) is 0 Å². The molecule has 1 N–H and O–H groups in total. The summed E-state index contributed by atoms with van der Waals surface area (Å²) in [4.78, 5) is 2.25. The van der Waals surface area contributed by atoms with E-state index in [4.69, 9.17) is 4.43 Å². The first-order chi connectivity index (χ1) is 14.9. The van der Waals surface area contributed by atoms with E-state index in [9.17, 15) is 17.6 Å². The van der Waals surface area contributed by atoms with E-state index in [-0.39, 0.29) is 6.04 Å². The SMILES string of the molecule is CC(C)[Si](OCC[C@H]1CNCCN1Cc1ccc(OC(F)(F)F)c(F)c1)(C(C)C)C(C)C. The van der Waals surface area contributed by atoms with Crippen molar-refractivity contribution in [3.05, 3.63) is 29.6 Å². The van der Waals surface area contributed by atoms with Crippen LogP contribution in [0.15, 0.2) is 18.2 Å². The van der Waals surface area contributed by atoms with Gasteiger partial charge in [0, 0.05) is 38.8 Å². The summed E-state index contributed by atoms with van der Waals surface area (Å²) >= 11 is 0. The summed E-state index contributed by atoms with van der Waals surface area (Å²) in [5.74, 6) is -1.81. The number of halogens is 4. The molecular formula is C23H38F4N2O2Si. The fourth-order valence-electron chi connectivity index (χ4n) is 5.25. The van der Waals surface area contributed by atoms with Crippen molar-refractivity contribution < 1.29 is 26.7 Å². The van der Waals surface area contributed by atoms with Crippen molar-refractivity contribution in [2.75, 3.05) is 26.2 Å². The Morgan fingerprint density at radius 3 is 2.25 bits per heavy atom. The highest BCUT2D eigenvalue weighted by atomic mass is 28.4. The molecule has 1 saturated heterocycles. The van der Waals surface area contributed by atoms with Gasteiger partial charge in [-0.3, -0.25) is 4.90 Å². The number of piperazine rings is 1. The average molecular weight is 479 g/mol. The van der Waals surface area contributed by atoms with Crippen molar-refractivity contribution in [2.24, 2.45) is 0 Å². The fourth-order valence-corrected chi connectivity index (χ4v) is 10.7. The zero-order valence-electron chi connectivity index (χ0n) is 20.1. The summed E-state index contributed by atoms with van der Waals surface area (Å²) in [5.41, 5.74) is 2.18. The Balaban J connectivity index is 2.03. The van der Waals surface area contributed by atoms with E-state index in [1.807, 2.05) is 0 Å². The van der Waals surface area contributed by atoms with Gasteiger partial charge in [0.1, 0.15) is 0 Å². The number of nitrogens with zero attached hydrogens (tertiary/aromatic N) is 1. The molecule has 1 aromatic rings. The van der Waals surface area contributed by atoms with E-state index >= 15 is 0 Å². The molecular weight excluding hydrogens is 440 g/mol. The Labute approximate surface area is 190 Å². The van der Waals surface area contributed by atoms with Crippen molar-refractivity contribution in [1.82, 2.24) is 10.2 Å². The summed E-state index contributed by atoms with van der Waals surface area (Å²) in [5, 5.41) is 3.41. The number of benzene rings is 1. The van der Waals surface area contributed by atoms with Crippen LogP contribution in [0.25, 0.3) is 0 Å². The lowest BCUT2D eigenvalue weighted by Crippen LogP contribution is -2.52. The van der Waals surface area contributed by atoms with Crippen molar-refractivity contribution in [2.45, 2.75) is 83.5 Å². The summed E-state index contributed by atoms with van der Waals surface area (Å²) in [7, 11) is -1.94. The minimum atomic E-state index is -4.91. The van der Waals surface area contributed by atoms with Crippen LogP contribution in [0.5, 0.6) is 5.75 Å². The van der Waals surface area contributed by atoms with Crippen LogP contribution < -0.4 is 10.1 Å². The van der Waals surface area contributed by atoms with Crippen molar-refractivity contribution in [1.29, 1.82) is 0 Å². The lowest BCUT2D eigenvalue weighted by molar-refractivity contribution is -0.275. The molecule has 2 rings (SSSR count). The van der Waals surface area contributed by atoms with Crippen LogP contribution in [0.3, 0.4) is 0 Å². The largest absolute Gasteiger partial charge is 0.573 e. The molecule has 0 aromatic heterocycles. The van der Waals surface area contributed by atoms with E-state index in [0.717, 1.165) is 38.2 Å². The van der Waals surface area contributed by atoms with Gasteiger partial charge in [-0.25, -0.2) is 4.39 Å². The molecule has 0 bridgehead atoms. The van der Waals surface area contributed by atoms with E-state index < -0.39 is 26.2 Å². The second-order valence-electron chi connectivity index (χ2n) is 9.60. The number of alkyl halides is 3. The van der Waals surface area contributed by atoms with E-state index in [2.05, 4.69) is 56.5 Å². The first-order valence-electron chi connectivity index (χ1n) is 11.5. The number of ether oxygens (including phenoxy) is 1. The first-order valence-corrected chi connectivity index (χ1v) is 13.6. The molecule has 1 aromatic carbocycles. The maximum absolute atomic E-state index is 14.1. The third kappa shape index (κ3) is 6.92. The molecule has 0 aliphatic carbocycles. The van der Waals surface area contributed by atoms with Crippen LogP contribution in [-0.2, 0) is 11.0 Å². The van der Waals surface area contributed by atoms with Crippen molar-refractivity contribution in [3.8, 4) is 5.75 Å². The highest BCUT2D eigenvalue weighted by molar-refractivity contribution is 6.77. The van der Waals surface area contributed by atoms with Gasteiger partial charge < -0.3 is 14.5 Å². The lowest BCUT2D eigenvalue weighted by Gasteiger charge is -2.43. The highest BCUT2D eigenvalue weighted by Gasteiger charge is 2.45. The molecule has 1 aliphatic rings. The van der Waals surface area contributed by atoms with Gasteiger partial charge in [0.25, 0.3) is 0 Å². The predicted octanol–water partition coefficient (Wildman–Crippen LogP) is 6.08. The van der Waals surface area contributed by atoms with Crippen LogP contribution >= 0.6 is 0 Å². The fraction of sp³-hybridized carbons (Fsp3) is 0.739. The summed E-state index contributed by atoms with van der Waals surface area (Å²) < 4.78 is 61.7. The first kappa shape index (κ1) is 27.1. The topological polar surface area (TPSA) is 33.7 Å². The molecule has 184 valence electrons. The molecule has 0 unspecified atom stereocenters. The van der Waals surface area contributed by atoms with Gasteiger partial charge in [-0.15, -0.1) is 13.2 Å². The van der Waals surface area contributed by atoms with Gasteiger partial charge in [-0.05, 0) is 40.7 Å². The molecule has 0 saturated carbocycles. The minimum absolute atomic E-state index is 0.219. The molecule has 0 radical (unpaired) electrons. The summed E-state index contributed by atoms with van der Waals surface area (Å²) in [6, 6.07) is 3.89. The average Bonchev–Trinajstić information content (AvgIpc) is 2.66. The zero-order chi connectivity index (χ0) is 24.1. The normalized spacial score (nSPS) is 18.7. The van der Waals surface area contributed by atoms with Crippen LogP contribution in [0.1, 0.15) is 53.5 Å². The zero-order valence-corrected chi connectivity index (χ0v) is 21.1. The van der Waals surface area contributed by atoms with Gasteiger partial charge in [0.2, 0.25) is 0 Å². The van der Waals surface area contributed by atoms with Crippen molar-refractivity contribution in [3.63, 3.8) is 0 Å². The maximum atomic E-state index is 14.1. The van der Waals surface area contributed by atoms with Crippen LogP contribution in [0, 0.1) is 5.82 Å². The standard InChI is InChI=1S/C23H38F4N2O2Si/c1-16(2)32(17(3)4,18(5)6)30-12-9-20-14-28-10-11-29(20)15-19-7-8-22(21(24)13-19)31-23(25,26)27/h7-8,13,16-18,20,28H,9-12,14-15H2,1-6H3/t20-/m0/s1. The van der Waals surface area contributed by atoms with Crippen molar-refractivity contribution >= 4 is 8.32 Å². The molecule has 1 atom stereocenters. The summed E-state index contributed by atoms with van der Waals surface area (Å²) in [6.07, 6.45) is -4.06. The Morgan fingerprint density at radius 1 is 1.09 bits per heavy atom. The third-order valence-electron chi connectivity index (χ3n) is 6.59. The molecule has 4 nitrogen and oxygen atoms in total. The Kier molecular flexibility index (Phi) is 9.57. The third-order valence-corrected chi connectivity index (χ3v) is 12.7. The Morgan fingerprint density at radius 2 is 1.72 bits per heavy atom. The van der Waals surface area contributed by atoms with E-state index in [0.29, 0.717) is 35.3 Å². The molecule has 0 amide bonds. The highest BCUT2D eigenvalue weighted by Crippen LogP contribution is 2.42. The number of nitrogens with one attached hydrogen (secondary N) is 1. The smallest absolute Gasteiger partial charge is 0.416 e. The summed E-state index contributed by atoms with van der Waals surface area (Å²) in [6.45, 7) is 17.1. The molecule has 1 fully saturated rings. The predicted molar refractivity (Wildman–Crippen MR) is 122 cm³/mol. The Bertz CT molecular complexity index is 707. The molecule has 1 aliphatic heterocycles. The quantitative estimate of drug-likeness (QED) is 0.326. The molecule has 32 heavy (non-hydrogen) atoms. The molecule has 9 heteroatoms. The van der Waals surface area contributed by atoms with Crippen LogP contribution in [-0.4, -0.2) is 51.9 Å². The van der Waals surface area contributed by atoms with Gasteiger partial charge in [0.05, 0.1) is 0 Å². The number of hydrogen-bond donors (Lipinski definition) is 1.